The second kappa shape index (κ2) is 5.87. The summed E-state index contributed by atoms with van der Waals surface area (Å²) in [7, 11) is 0. The third-order valence-electron chi connectivity index (χ3n) is 2.77. The predicted molar refractivity (Wildman–Crippen MR) is 67.5 cm³/mol. The monoisotopic (exact) mass is 238 g/mol. The average molecular weight is 238 g/mol. The standard InChI is InChI=1S/C13H19FN2O/c14-11-6-12(15)8-13(7-11)16-4-1-5-17-9-10-2-3-10/h6-8,10,16H,1-5,9,15H2. The fourth-order valence-electron chi connectivity index (χ4n) is 1.66. The lowest BCUT2D eigenvalue weighted by Gasteiger charge is -2.08. The lowest BCUT2D eigenvalue weighted by molar-refractivity contribution is 0.124. The average Bonchev–Trinajstić information content (AvgIpc) is 3.05. The van der Waals surface area contributed by atoms with E-state index in [2.05, 4.69) is 5.32 Å². The topological polar surface area (TPSA) is 47.3 Å². The summed E-state index contributed by atoms with van der Waals surface area (Å²) in [5, 5.41) is 3.13. The molecule has 1 aromatic rings. The number of hydrogen-bond donors (Lipinski definition) is 2. The zero-order chi connectivity index (χ0) is 12.1. The molecule has 0 aliphatic heterocycles. The van der Waals surface area contributed by atoms with Crippen LogP contribution in [0, 0.1) is 11.7 Å². The fraction of sp³-hybridized carbons (Fsp3) is 0.538. The van der Waals surface area contributed by atoms with Gasteiger partial charge in [0.2, 0.25) is 0 Å². The Morgan fingerprint density at radius 1 is 1.35 bits per heavy atom. The molecule has 3 nitrogen and oxygen atoms in total. The van der Waals surface area contributed by atoms with Crippen LogP contribution in [0.1, 0.15) is 19.3 Å². The van der Waals surface area contributed by atoms with Gasteiger partial charge >= 0.3 is 0 Å². The highest BCUT2D eigenvalue weighted by molar-refractivity contribution is 5.54. The summed E-state index contributed by atoms with van der Waals surface area (Å²) in [6, 6.07) is 4.49. The van der Waals surface area contributed by atoms with E-state index in [-0.39, 0.29) is 5.82 Å². The van der Waals surface area contributed by atoms with E-state index >= 15 is 0 Å². The zero-order valence-electron chi connectivity index (χ0n) is 9.92. The first-order valence-electron chi connectivity index (χ1n) is 6.12. The first kappa shape index (κ1) is 12.2. The van der Waals surface area contributed by atoms with E-state index in [9.17, 15) is 4.39 Å². The molecule has 1 aliphatic carbocycles. The highest BCUT2D eigenvalue weighted by atomic mass is 19.1. The van der Waals surface area contributed by atoms with Crippen molar-refractivity contribution in [1.29, 1.82) is 0 Å². The summed E-state index contributed by atoms with van der Waals surface area (Å²) >= 11 is 0. The molecule has 1 aliphatic rings. The van der Waals surface area contributed by atoms with Gasteiger partial charge in [-0.3, -0.25) is 0 Å². The lowest BCUT2D eigenvalue weighted by atomic mass is 10.2. The van der Waals surface area contributed by atoms with Crippen molar-refractivity contribution in [3.63, 3.8) is 0 Å². The molecular formula is C13H19FN2O. The molecule has 4 heteroatoms. The molecule has 2 rings (SSSR count). The van der Waals surface area contributed by atoms with Gasteiger partial charge in [-0.2, -0.15) is 0 Å². The van der Waals surface area contributed by atoms with E-state index in [1.807, 2.05) is 0 Å². The molecule has 1 aromatic carbocycles. The van der Waals surface area contributed by atoms with Crippen LogP contribution in [0.25, 0.3) is 0 Å². The number of benzene rings is 1. The lowest BCUT2D eigenvalue weighted by Crippen LogP contribution is -2.07. The normalized spacial score (nSPS) is 14.9. The molecule has 0 saturated heterocycles. The molecule has 0 radical (unpaired) electrons. The summed E-state index contributed by atoms with van der Waals surface area (Å²) in [4.78, 5) is 0. The van der Waals surface area contributed by atoms with Crippen LogP contribution in [0.15, 0.2) is 18.2 Å². The van der Waals surface area contributed by atoms with E-state index in [1.54, 1.807) is 6.07 Å². The van der Waals surface area contributed by atoms with E-state index < -0.39 is 0 Å². The summed E-state index contributed by atoms with van der Waals surface area (Å²) < 4.78 is 18.5. The quantitative estimate of drug-likeness (QED) is 0.567. The molecule has 0 unspecified atom stereocenters. The van der Waals surface area contributed by atoms with Gasteiger partial charge in [-0.15, -0.1) is 0 Å². The third-order valence-corrected chi connectivity index (χ3v) is 2.77. The second-order valence-electron chi connectivity index (χ2n) is 4.57. The number of nitrogens with two attached hydrogens (primary N) is 1. The molecule has 0 aromatic heterocycles. The van der Waals surface area contributed by atoms with Gasteiger partial charge in [0.1, 0.15) is 5.82 Å². The third kappa shape index (κ3) is 4.61. The van der Waals surface area contributed by atoms with Crippen molar-refractivity contribution in [1.82, 2.24) is 0 Å². The van der Waals surface area contributed by atoms with Gasteiger partial charge in [-0.25, -0.2) is 4.39 Å². The minimum absolute atomic E-state index is 0.308. The van der Waals surface area contributed by atoms with Crippen molar-refractivity contribution in [2.24, 2.45) is 5.92 Å². The number of anilines is 2. The van der Waals surface area contributed by atoms with E-state index in [0.717, 1.165) is 37.8 Å². The van der Waals surface area contributed by atoms with E-state index in [4.69, 9.17) is 10.5 Å². The zero-order valence-corrected chi connectivity index (χ0v) is 9.92. The van der Waals surface area contributed by atoms with Gasteiger partial charge in [-0.1, -0.05) is 0 Å². The Labute approximate surface area is 101 Å². The number of ether oxygens (including phenoxy) is 1. The van der Waals surface area contributed by atoms with Crippen molar-refractivity contribution < 1.29 is 9.13 Å². The molecule has 1 fully saturated rings. The number of nitrogen functional groups attached to an aromatic ring is 1. The Morgan fingerprint density at radius 3 is 2.88 bits per heavy atom. The van der Waals surface area contributed by atoms with Crippen molar-refractivity contribution in [3.05, 3.63) is 24.0 Å². The summed E-state index contributed by atoms with van der Waals surface area (Å²) in [6.07, 6.45) is 3.56. The van der Waals surface area contributed by atoms with Crippen molar-refractivity contribution >= 4 is 11.4 Å². The van der Waals surface area contributed by atoms with Gasteiger partial charge in [0.25, 0.3) is 0 Å². The van der Waals surface area contributed by atoms with Crippen molar-refractivity contribution in [2.75, 3.05) is 30.8 Å². The van der Waals surface area contributed by atoms with Gasteiger partial charge < -0.3 is 15.8 Å². The smallest absolute Gasteiger partial charge is 0.127 e. The molecule has 0 bridgehead atoms. The Hall–Kier alpha value is -1.29. The SMILES string of the molecule is Nc1cc(F)cc(NCCCOCC2CC2)c1. The van der Waals surface area contributed by atoms with Crippen molar-refractivity contribution in [3.8, 4) is 0 Å². The highest BCUT2D eigenvalue weighted by Gasteiger charge is 2.20. The van der Waals surface area contributed by atoms with Gasteiger partial charge in [0, 0.05) is 31.1 Å². The molecule has 1 saturated carbocycles. The second-order valence-corrected chi connectivity index (χ2v) is 4.57. The van der Waals surface area contributed by atoms with Crippen LogP contribution in [-0.2, 0) is 4.74 Å². The molecule has 17 heavy (non-hydrogen) atoms. The van der Waals surface area contributed by atoms with E-state index in [0.29, 0.717) is 5.69 Å². The summed E-state index contributed by atoms with van der Waals surface area (Å²) in [6.45, 7) is 2.43. The molecule has 0 atom stereocenters. The predicted octanol–water partition coefficient (Wildman–Crippen LogP) is 2.64. The molecule has 94 valence electrons. The van der Waals surface area contributed by atoms with Crippen LogP contribution >= 0.6 is 0 Å². The maximum Gasteiger partial charge on any atom is 0.127 e. The van der Waals surface area contributed by atoms with Crippen LogP contribution in [0.2, 0.25) is 0 Å². The summed E-state index contributed by atoms with van der Waals surface area (Å²) in [5.74, 6) is 0.503. The number of hydrogen-bond acceptors (Lipinski definition) is 3. The first-order chi connectivity index (χ1) is 8.24. The molecule has 0 heterocycles. The minimum atomic E-state index is -0.308. The summed E-state index contributed by atoms with van der Waals surface area (Å²) in [5.41, 5.74) is 6.72. The number of rotatable bonds is 7. The van der Waals surface area contributed by atoms with Gasteiger partial charge in [0.15, 0.2) is 0 Å². The Morgan fingerprint density at radius 2 is 2.18 bits per heavy atom. The molecular weight excluding hydrogens is 219 g/mol. The molecule has 0 amide bonds. The maximum atomic E-state index is 13.0. The first-order valence-corrected chi connectivity index (χ1v) is 6.12. The Bertz CT molecular complexity index is 346. The van der Waals surface area contributed by atoms with Gasteiger partial charge in [0.05, 0.1) is 0 Å². The number of halogens is 1. The largest absolute Gasteiger partial charge is 0.399 e. The van der Waals surface area contributed by atoms with E-state index in [1.165, 1.54) is 25.0 Å². The van der Waals surface area contributed by atoms with Crippen LogP contribution in [-0.4, -0.2) is 19.8 Å². The molecule has 0 spiro atoms. The maximum absolute atomic E-state index is 13.0. The Balaban J connectivity index is 1.59. The van der Waals surface area contributed by atoms with Crippen LogP contribution < -0.4 is 11.1 Å². The van der Waals surface area contributed by atoms with Crippen LogP contribution in [0.4, 0.5) is 15.8 Å². The number of nitrogens with one attached hydrogen (secondary N) is 1. The van der Waals surface area contributed by atoms with Crippen LogP contribution in [0.3, 0.4) is 0 Å². The minimum Gasteiger partial charge on any atom is -0.399 e. The van der Waals surface area contributed by atoms with Crippen molar-refractivity contribution in [2.45, 2.75) is 19.3 Å². The molecule has 3 N–H and O–H groups in total. The van der Waals surface area contributed by atoms with Crippen LogP contribution in [0.5, 0.6) is 0 Å². The Kier molecular flexibility index (Phi) is 4.20. The fourth-order valence-corrected chi connectivity index (χ4v) is 1.66. The van der Waals surface area contributed by atoms with Gasteiger partial charge in [-0.05, 0) is 43.4 Å². The highest BCUT2D eigenvalue weighted by Crippen LogP contribution is 2.28.